The lowest BCUT2D eigenvalue weighted by molar-refractivity contribution is -0.161. The van der Waals surface area contributed by atoms with Crippen LogP contribution in [0, 0.1) is 17.8 Å². The number of nitrogens with zero attached hydrogens (tertiary/aromatic N) is 2. The zero-order valence-corrected chi connectivity index (χ0v) is 27.6. The number of rotatable bonds is 4. The molecule has 2 aromatic rings. The Kier molecular flexibility index (Phi) is 9.33. The van der Waals surface area contributed by atoms with Gasteiger partial charge in [-0.25, -0.2) is 0 Å². The first-order valence-electron chi connectivity index (χ1n) is 14.6. The number of hydrogen-bond donors (Lipinski definition) is 0. The molecule has 1 aromatic carbocycles. The lowest BCUT2D eigenvalue weighted by atomic mass is 9.76. The molecule has 0 unspecified atom stereocenters. The van der Waals surface area contributed by atoms with Crippen LogP contribution in [0.1, 0.15) is 94.0 Å². The van der Waals surface area contributed by atoms with Gasteiger partial charge in [0.05, 0.1) is 11.6 Å². The summed E-state index contributed by atoms with van der Waals surface area (Å²) in [5.41, 5.74) is 4.60. The Labute approximate surface area is 260 Å². The summed E-state index contributed by atoms with van der Waals surface area (Å²) in [6.07, 6.45) is 9.74. The van der Waals surface area contributed by atoms with Crippen molar-refractivity contribution in [1.82, 2.24) is 9.88 Å². The predicted molar refractivity (Wildman–Crippen MR) is 166 cm³/mol. The van der Waals surface area contributed by atoms with Crippen molar-refractivity contribution in [3.8, 4) is 0 Å². The summed E-state index contributed by atoms with van der Waals surface area (Å²) in [5.74, 6) is 1.07. The van der Waals surface area contributed by atoms with E-state index in [-0.39, 0.29) is 23.7 Å². The highest BCUT2D eigenvalue weighted by atomic mass is 79.9. The molecule has 1 saturated heterocycles. The molecule has 1 aromatic heterocycles. The van der Waals surface area contributed by atoms with Gasteiger partial charge in [-0.3, -0.25) is 14.6 Å². The smallest absolute Gasteiger partial charge is 0.309 e. The summed E-state index contributed by atoms with van der Waals surface area (Å²) in [4.78, 5) is 32.8. The van der Waals surface area contributed by atoms with E-state index in [2.05, 4.69) is 48.9 Å². The predicted octanol–water partition coefficient (Wildman–Crippen LogP) is 8.27. The molecule has 1 aliphatic heterocycles. The minimum atomic E-state index is -0.451. The summed E-state index contributed by atoms with van der Waals surface area (Å²) < 4.78 is 7.65. The van der Waals surface area contributed by atoms with Gasteiger partial charge in [0.2, 0.25) is 5.91 Å². The van der Waals surface area contributed by atoms with Crippen LogP contribution < -0.4 is 0 Å². The van der Waals surface area contributed by atoms with Crippen LogP contribution in [0.4, 0.5) is 0 Å². The van der Waals surface area contributed by atoms with E-state index < -0.39 is 5.60 Å². The quantitative estimate of drug-likeness (QED) is 0.303. The topological polar surface area (TPSA) is 59.5 Å². The van der Waals surface area contributed by atoms with Gasteiger partial charge in [-0.1, -0.05) is 27.5 Å². The summed E-state index contributed by atoms with van der Waals surface area (Å²) in [7, 11) is 0. The third kappa shape index (κ3) is 6.95. The third-order valence-electron chi connectivity index (χ3n) is 8.83. The Morgan fingerprint density at radius 1 is 1.00 bits per heavy atom. The molecule has 2 fully saturated rings. The van der Waals surface area contributed by atoms with Gasteiger partial charge in [0.25, 0.3) is 0 Å². The maximum Gasteiger partial charge on any atom is 0.309 e. The Balaban J connectivity index is 1.23. The van der Waals surface area contributed by atoms with Crippen molar-refractivity contribution >= 4 is 55.3 Å². The first-order chi connectivity index (χ1) is 19.0. The fraction of sp³-hybridized carbons (Fsp3) is 0.594. The van der Waals surface area contributed by atoms with Gasteiger partial charge in [0, 0.05) is 45.6 Å². The first kappa shape index (κ1) is 30.0. The number of hydrogen-bond acceptors (Lipinski definition) is 4. The molecule has 8 heteroatoms. The van der Waals surface area contributed by atoms with Crippen LogP contribution in [-0.2, 0) is 27.2 Å². The Morgan fingerprint density at radius 2 is 1.68 bits per heavy atom. The van der Waals surface area contributed by atoms with Crippen molar-refractivity contribution in [2.75, 3.05) is 13.1 Å². The molecule has 3 aliphatic rings. The molecule has 2 heterocycles. The molecular weight excluding hydrogens is 656 g/mol. The fourth-order valence-electron chi connectivity index (χ4n) is 6.88. The molecule has 1 saturated carbocycles. The van der Waals surface area contributed by atoms with Gasteiger partial charge < -0.3 is 9.64 Å². The highest BCUT2D eigenvalue weighted by Gasteiger charge is 2.37. The van der Waals surface area contributed by atoms with Crippen molar-refractivity contribution in [2.45, 2.75) is 90.1 Å². The summed E-state index contributed by atoms with van der Waals surface area (Å²) >= 11 is 13.9. The number of esters is 1. The Bertz CT molecular complexity index is 1260. The molecular formula is C32H39Br2ClN2O3. The SMILES string of the molecule is CC(C)(C)OC(=O)C1CCC(CC(=O)N2CCC([C@H]3c4ncc(Br)cc4CCc4cc(Cl)cc(Br)c43)CC2)CC1. The standard InChI is InChI=1S/C32H39Br2ClN2O3/c1-32(2,3)40-31(39)21-6-4-19(5-7-21)14-27(38)37-12-10-20(11-13-37)29-28-22(16-25(35)17-26(28)34)8-9-23-15-24(33)18-36-30(23)29/h15-21,29H,4-14H2,1-3H3/t19?,21?,29-/m1/s1. The van der Waals surface area contributed by atoms with Gasteiger partial charge in [-0.05, 0) is 135 Å². The first-order valence-corrected chi connectivity index (χ1v) is 16.6. The van der Waals surface area contributed by atoms with Gasteiger partial charge >= 0.3 is 5.97 Å². The molecule has 1 atom stereocenters. The van der Waals surface area contributed by atoms with Crippen molar-refractivity contribution in [3.63, 3.8) is 0 Å². The number of likely N-dealkylation sites (tertiary alicyclic amines) is 1. The van der Waals surface area contributed by atoms with Crippen molar-refractivity contribution in [1.29, 1.82) is 0 Å². The third-order valence-corrected chi connectivity index (χ3v) is 10.1. The number of fused-ring (bicyclic) bond motifs is 2. The lowest BCUT2D eigenvalue weighted by Gasteiger charge is -2.38. The summed E-state index contributed by atoms with van der Waals surface area (Å²) in [6.45, 7) is 7.29. The van der Waals surface area contributed by atoms with Crippen LogP contribution in [0.25, 0.3) is 0 Å². The van der Waals surface area contributed by atoms with E-state index in [0.717, 1.165) is 84.1 Å². The fourth-order valence-corrected chi connectivity index (χ4v) is 8.38. The van der Waals surface area contributed by atoms with Gasteiger partial charge in [0.1, 0.15) is 5.60 Å². The second kappa shape index (κ2) is 12.4. The van der Waals surface area contributed by atoms with Gasteiger partial charge in [-0.2, -0.15) is 0 Å². The average Bonchev–Trinajstić information content (AvgIpc) is 3.05. The monoisotopic (exact) mass is 692 g/mol. The zero-order valence-electron chi connectivity index (χ0n) is 23.7. The number of benzene rings is 1. The van der Waals surface area contributed by atoms with E-state index in [9.17, 15) is 9.59 Å². The molecule has 5 rings (SSSR count). The molecule has 216 valence electrons. The summed E-state index contributed by atoms with van der Waals surface area (Å²) in [6, 6.07) is 6.34. The second-order valence-corrected chi connectivity index (χ2v) is 15.0. The minimum Gasteiger partial charge on any atom is -0.460 e. The molecule has 1 amide bonds. The van der Waals surface area contributed by atoms with E-state index in [1.165, 1.54) is 16.7 Å². The van der Waals surface area contributed by atoms with Crippen LogP contribution >= 0.6 is 43.5 Å². The number of carbonyl (C=O) groups is 2. The molecule has 0 bridgehead atoms. The molecule has 40 heavy (non-hydrogen) atoms. The number of pyridine rings is 1. The van der Waals surface area contributed by atoms with Crippen LogP contribution in [-0.4, -0.2) is 40.5 Å². The lowest BCUT2D eigenvalue weighted by Crippen LogP contribution is -2.41. The molecule has 0 N–H and O–H groups in total. The Morgan fingerprint density at radius 3 is 2.35 bits per heavy atom. The number of aromatic nitrogens is 1. The number of amides is 1. The largest absolute Gasteiger partial charge is 0.460 e. The van der Waals surface area contributed by atoms with E-state index >= 15 is 0 Å². The molecule has 2 aliphatic carbocycles. The highest BCUT2D eigenvalue weighted by molar-refractivity contribution is 9.10. The van der Waals surface area contributed by atoms with Crippen molar-refractivity contribution < 1.29 is 14.3 Å². The van der Waals surface area contributed by atoms with Crippen molar-refractivity contribution in [3.05, 3.63) is 60.7 Å². The second-order valence-electron chi connectivity index (χ2n) is 12.8. The average molecular weight is 695 g/mol. The minimum absolute atomic E-state index is 0.0323. The maximum atomic E-state index is 13.3. The number of carbonyl (C=O) groups excluding carboxylic acids is 2. The van der Waals surface area contributed by atoms with Crippen LogP contribution in [0.15, 0.2) is 33.3 Å². The van der Waals surface area contributed by atoms with Crippen LogP contribution in [0.3, 0.4) is 0 Å². The highest BCUT2D eigenvalue weighted by Crippen LogP contribution is 2.46. The summed E-state index contributed by atoms with van der Waals surface area (Å²) in [5, 5.41) is 0.755. The van der Waals surface area contributed by atoms with Crippen LogP contribution in [0.5, 0.6) is 0 Å². The van der Waals surface area contributed by atoms with E-state index in [0.29, 0.717) is 18.3 Å². The van der Waals surface area contributed by atoms with E-state index in [1.807, 2.05) is 33.0 Å². The number of aryl methyl sites for hydroxylation is 2. The maximum absolute atomic E-state index is 13.3. The molecule has 0 radical (unpaired) electrons. The van der Waals surface area contributed by atoms with E-state index in [1.54, 1.807) is 0 Å². The molecule has 0 spiro atoms. The normalized spacial score (nSPS) is 23.6. The van der Waals surface area contributed by atoms with Gasteiger partial charge in [0.15, 0.2) is 0 Å². The molecule has 5 nitrogen and oxygen atoms in total. The number of piperidine rings is 1. The van der Waals surface area contributed by atoms with Gasteiger partial charge in [-0.15, -0.1) is 0 Å². The Hall–Kier alpha value is -1.44. The number of ether oxygens (including phenoxy) is 1. The number of halogens is 3. The van der Waals surface area contributed by atoms with Crippen molar-refractivity contribution in [2.24, 2.45) is 17.8 Å². The zero-order chi connectivity index (χ0) is 28.6. The van der Waals surface area contributed by atoms with Crippen LogP contribution in [0.2, 0.25) is 5.02 Å². The van der Waals surface area contributed by atoms with E-state index in [4.69, 9.17) is 21.3 Å².